The molecule has 0 radical (unpaired) electrons. The van der Waals surface area contributed by atoms with Crippen molar-refractivity contribution in [1.29, 1.82) is 0 Å². The number of hydrogen-bond donors (Lipinski definition) is 2. The van der Waals surface area contributed by atoms with Crippen LogP contribution in [0.1, 0.15) is 19.4 Å². The minimum Gasteiger partial charge on any atom is -0.496 e. The molecule has 1 rings (SSSR count). The Morgan fingerprint density at radius 1 is 1.43 bits per heavy atom. The van der Waals surface area contributed by atoms with Gasteiger partial charge in [0.1, 0.15) is 11.6 Å². The van der Waals surface area contributed by atoms with Crippen LogP contribution >= 0.6 is 11.8 Å². The summed E-state index contributed by atoms with van der Waals surface area (Å²) in [4.78, 5) is 22.7. The van der Waals surface area contributed by atoms with E-state index < -0.39 is 17.2 Å². The van der Waals surface area contributed by atoms with Crippen LogP contribution in [0.15, 0.2) is 18.2 Å². The summed E-state index contributed by atoms with van der Waals surface area (Å²) in [6, 6.07) is 3.34. The van der Waals surface area contributed by atoms with Crippen molar-refractivity contribution in [2.24, 2.45) is 11.7 Å². The Morgan fingerprint density at radius 2 is 2.10 bits per heavy atom. The third kappa shape index (κ3) is 5.26. The van der Waals surface area contributed by atoms with Gasteiger partial charge in [-0.15, -0.1) is 11.8 Å². The Balaban J connectivity index is 2.80. The number of ether oxygens (including phenoxy) is 1. The van der Waals surface area contributed by atoms with Gasteiger partial charge in [-0.05, 0) is 24.1 Å². The molecule has 3 amide bonds. The molecule has 116 valence electrons. The van der Waals surface area contributed by atoms with E-state index in [1.54, 1.807) is 6.07 Å². The molecule has 0 heterocycles. The zero-order valence-corrected chi connectivity index (χ0v) is 13.0. The number of imide groups is 1. The van der Waals surface area contributed by atoms with Crippen molar-refractivity contribution in [2.45, 2.75) is 24.9 Å². The molecule has 1 atom stereocenters. The lowest BCUT2D eigenvalue weighted by molar-refractivity contribution is -0.120. The Morgan fingerprint density at radius 3 is 2.62 bits per heavy atom. The molecule has 0 spiro atoms. The number of thioether (sulfide) groups is 1. The molecule has 21 heavy (non-hydrogen) atoms. The fraction of sp³-hybridized carbons (Fsp3) is 0.429. The van der Waals surface area contributed by atoms with E-state index in [1.807, 2.05) is 13.8 Å². The van der Waals surface area contributed by atoms with Gasteiger partial charge in [-0.2, -0.15) is 0 Å². The van der Waals surface area contributed by atoms with Crippen LogP contribution in [0.2, 0.25) is 0 Å². The first kappa shape index (κ1) is 17.3. The molecular formula is C14H19FN2O3S. The van der Waals surface area contributed by atoms with Crippen molar-refractivity contribution in [2.75, 3.05) is 7.11 Å². The summed E-state index contributed by atoms with van der Waals surface area (Å²) in [6.07, 6.45) is 0. The number of methoxy groups -OCH3 is 1. The predicted molar refractivity (Wildman–Crippen MR) is 80.6 cm³/mol. The van der Waals surface area contributed by atoms with Crippen molar-refractivity contribution in [3.8, 4) is 5.75 Å². The van der Waals surface area contributed by atoms with E-state index in [1.165, 1.54) is 31.0 Å². The molecule has 1 aromatic rings. The van der Waals surface area contributed by atoms with Crippen molar-refractivity contribution in [1.82, 2.24) is 5.32 Å². The fourth-order valence-electron chi connectivity index (χ4n) is 1.80. The van der Waals surface area contributed by atoms with Crippen molar-refractivity contribution in [3.63, 3.8) is 0 Å². The molecule has 1 aromatic carbocycles. The molecule has 0 aliphatic heterocycles. The van der Waals surface area contributed by atoms with Gasteiger partial charge >= 0.3 is 6.03 Å². The molecule has 0 saturated carbocycles. The lowest BCUT2D eigenvalue weighted by Crippen LogP contribution is -2.42. The number of rotatable bonds is 6. The second-order valence-electron chi connectivity index (χ2n) is 4.79. The number of benzene rings is 1. The van der Waals surface area contributed by atoms with Crippen LogP contribution in [0.3, 0.4) is 0 Å². The van der Waals surface area contributed by atoms with Gasteiger partial charge in [0, 0.05) is 11.3 Å². The number of primary amides is 1. The number of nitrogens with one attached hydrogen (secondary N) is 1. The van der Waals surface area contributed by atoms with Crippen molar-refractivity contribution >= 4 is 23.7 Å². The normalized spacial score (nSPS) is 12.0. The third-order valence-electron chi connectivity index (χ3n) is 2.77. The average molecular weight is 314 g/mol. The number of halogens is 1. The van der Waals surface area contributed by atoms with Gasteiger partial charge in [0.15, 0.2) is 0 Å². The maximum Gasteiger partial charge on any atom is 0.318 e. The summed E-state index contributed by atoms with van der Waals surface area (Å²) in [7, 11) is 1.50. The molecule has 1 unspecified atom stereocenters. The highest BCUT2D eigenvalue weighted by atomic mass is 32.2. The van der Waals surface area contributed by atoms with Gasteiger partial charge in [-0.1, -0.05) is 13.8 Å². The summed E-state index contributed by atoms with van der Waals surface area (Å²) in [6.45, 7) is 3.72. The molecular weight excluding hydrogens is 295 g/mol. The number of carbonyl (C=O) groups is 2. The largest absolute Gasteiger partial charge is 0.496 e. The number of amides is 3. The molecule has 0 bridgehead atoms. The Kier molecular flexibility index (Phi) is 6.48. The fourth-order valence-corrected chi connectivity index (χ4v) is 2.98. The SMILES string of the molecule is COc1ccc(F)cc1CSC(C(=O)NC(N)=O)C(C)C. The van der Waals surface area contributed by atoms with Crippen LogP contribution in [0.5, 0.6) is 5.75 Å². The standard InChI is InChI=1S/C14H19FN2O3S/c1-8(2)12(13(18)17-14(16)19)21-7-9-6-10(15)4-5-11(9)20-3/h4-6,8,12H,7H2,1-3H3,(H3,16,17,18,19). The van der Waals surface area contributed by atoms with Crippen LogP contribution in [-0.2, 0) is 10.5 Å². The van der Waals surface area contributed by atoms with Gasteiger partial charge in [0.25, 0.3) is 0 Å². The Bertz CT molecular complexity index is 523. The first-order valence-electron chi connectivity index (χ1n) is 6.39. The van der Waals surface area contributed by atoms with E-state index in [-0.39, 0.29) is 11.7 Å². The monoisotopic (exact) mass is 314 g/mol. The van der Waals surface area contributed by atoms with E-state index in [4.69, 9.17) is 10.5 Å². The molecule has 0 aromatic heterocycles. The highest BCUT2D eigenvalue weighted by Gasteiger charge is 2.24. The van der Waals surface area contributed by atoms with Gasteiger partial charge in [-0.25, -0.2) is 9.18 Å². The highest BCUT2D eigenvalue weighted by Crippen LogP contribution is 2.29. The summed E-state index contributed by atoms with van der Waals surface area (Å²) in [5.41, 5.74) is 5.61. The van der Waals surface area contributed by atoms with Crippen LogP contribution in [0.25, 0.3) is 0 Å². The number of nitrogens with two attached hydrogens (primary N) is 1. The van der Waals surface area contributed by atoms with Gasteiger partial charge in [0.05, 0.1) is 12.4 Å². The van der Waals surface area contributed by atoms with E-state index in [0.717, 1.165) is 0 Å². The van der Waals surface area contributed by atoms with E-state index in [0.29, 0.717) is 17.1 Å². The van der Waals surface area contributed by atoms with Crippen LogP contribution in [0.4, 0.5) is 9.18 Å². The van der Waals surface area contributed by atoms with Crippen molar-refractivity contribution in [3.05, 3.63) is 29.6 Å². The van der Waals surface area contributed by atoms with Crippen LogP contribution in [-0.4, -0.2) is 24.3 Å². The molecule has 0 saturated heterocycles. The average Bonchev–Trinajstić information content (AvgIpc) is 2.37. The zero-order chi connectivity index (χ0) is 16.0. The first-order chi connectivity index (χ1) is 9.85. The maximum absolute atomic E-state index is 13.3. The summed E-state index contributed by atoms with van der Waals surface area (Å²) in [5, 5.41) is 1.61. The molecule has 3 N–H and O–H groups in total. The topological polar surface area (TPSA) is 81.4 Å². The summed E-state index contributed by atoms with van der Waals surface area (Å²) < 4.78 is 18.5. The van der Waals surface area contributed by atoms with Gasteiger partial charge < -0.3 is 10.5 Å². The lowest BCUT2D eigenvalue weighted by Gasteiger charge is -2.19. The smallest absolute Gasteiger partial charge is 0.318 e. The zero-order valence-electron chi connectivity index (χ0n) is 12.2. The van der Waals surface area contributed by atoms with E-state index in [9.17, 15) is 14.0 Å². The molecule has 0 aliphatic carbocycles. The number of carbonyl (C=O) groups excluding carboxylic acids is 2. The van der Waals surface area contributed by atoms with Crippen LogP contribution < -0.4 is 15.8 Å². The molecule has 7 heteroatoms. The number of urea groups is 1. The molecule has 5 nitrogen and oxygen atoms in total. The highest BCUT2D eigenvalue weighted by molar-refractivity contribution is 7.99. The Labute approximate surface area is 127 Å². The van der Waals surface area contributed by atoms with Crippen molar-refractivity contribution < 1.29 is 18.7 Å². The minimum absolute atomic E-state index is 0.00564. The second kappa shape index (κ2) is 7.87. The van der Waals surface area contributed by atoms with Gasteiger partial charge in [-0.3, -0.25) is 10.1 Å². The quantitative estimate of drug-likeness (QED) is 0.844. The molecule has 0 aliphatic rings. The Hall–Kier alpha value is -1.76. The van der Waals surface area contributed by atoms with E-state index in [2.05, 4.69) is 5.32 Å². The minimum atomic E-state index is -0.880. The second-order valence-corrected chi connectivity index (χ2v) is 5.92. The summed E-state index contributed by atoms with van der Waals surface area (Å²) >= 11 is 1.30. The van der Waals surface area contributed by atoms with Crippen LogP contribution in [0, 0.1) is 11.7 Å². The first-order valence-corrected chi connectivity index (χ1v) is 7.44. The van der Waals surface area contributed by atoms with Gasteiger partial charge in [0.2, 0.25) is 5.91 Å². The lowest BCUT2D eigenvalue weighted by atomic mass is 10.1. The van der Waals surface area contributed by atoms with E-state index >= 15 is 0 Å². The predicted octanol–water partition coefficient (Wildman–Crippen LogP) is 2.29. The third-order valence-corrected chi connectivity index (χ3v) is 4.37. The number of hydrogen-bond acceptors (Lipinski definition) is 4. The maximum atomic E-state index is 13.3. The summed E-state index contributed by atoms with van der Waals surface area (Å²) in [5.74, 6) is 0.123. The molecule has 0 fully saturated rings.